The van der Waals surface area contributed by atoms with Crippen LogP contribution in [-0.2, 0) is 0 Å². The number of amidine groups is 2. The van der Waals surface area contributed by atoms with Crippen LogP contribution in [0.1, 0.15) is 30.4 Å². The minimum Gasteiger partial charge on any atom is -0.494 e. The van der Waals surface area contributed by atoms with Crippen LogP contribution < -0.4 is 20.9 Å². The van der Waals surface area contributed by atoms with Gasteiger partial charge in [0.05, 0.1) is 13.2 Å². The Hall–Kier alpha value is -3.75. The third kappa shape index (κ3) is 10.2. The van der Waals surface area contributed by atoms with Crippen molar-refractivity contribution in [3.05, 3.63) is 59.7 Å². The third-order valence-corrected chi connectivity index (χ3v) is 3.66. The highest BCUT2D eigenvalue weighted by Gasteiger charge is 1.99. The Kier molecular flexibility index (Phi) is 10.1. The first-order valence-electron chi connectivity index (χ1n) is 8.86. The molecule has 0 aromatic heterocycles. The lowest BCUT2D eigenvalue weighted by Gasteiger charge is -2.08. The maximum atomic E-state index is 8.56. The van der Waals surface area contributed by atoms with Crippen molar-refractivity contribution in [2.24, 2.45) is 11.5 Å². The molecule has 0 aliphatic carbocycles. The number of rotatable bonds is 10. The van der Waals surface area contributed by atoms with Crippen molar-refractivity contribution in [1.82, 2.24) is 0 Å². The summed E-state index contributed by atoms with van der Waals surface area (Å²) in [5.74, 6) is 1.68. The zero-order valence-electron chi connectivity index (χ0n) is 15.9. The van der Waals surface area contributed by atoms with E-state index in [0.717, 1.165) is 30.8 Å². The number of carboxylic acid groups (broad SMARTS) is 2. The topological polar surface area (TPSA) is 176 Å². The molecule has 156 valence electrons. The predicted octanol–water partition coefficient (Wildman–Crippen LogP) is 3.11. The van der Waals surface area contributed by atoms with Gasteiger partial charge in [0.15, 0.2) is 0 Å². The molecule has 0 aliphatic heterocycles. The molecule has 9 nitrogen and oxygen atoms in total. The number of hydrogen-bond acceptors (Lipinski definition) is 5. The van der Waals surface area contributed by atoms with Crippen molar-refractivity contribution < 1.29 is 24.5 Å². The Morgan fingerprint density at radius 2 is 1.03 bits per heavy atom. The van der Waals surface area contributed by atoms with E-state index in [1.54, 1.807) is 24.3 Å². The number of nitrogens with one attached hydrogen (secondary N) is 2. The van der Waals surface area contributed by atoms with Gasteiger partial charge in [0.2, 0.25) is 0 Å². The highest BCUT2D eigenvalue weighted by atomic mass is 16.6. The van der Waals surface area contributed by atoms with E-state index < -0.39 is 6.16 Å². The van der Waals surface area contributed by atoms with Gasteiger partial charge in [0.1, 0.15) is 23.2 Å². The van der Waals surface area contributed by atoms with Gasteiger partial charge in [-0.3, -0.25) is 10.8 Å². The van der Waals surface area contributed by atoms with Crippen LogP contribution >= 0.6 is 0 Å². The molecule has 0 unspecified atom stereocenters. The van der Waals surface area contributed by atoms with Crippen LogP contribution in [0.5, 0.6) is 11.5 Å². The minimum atomic E-state index is -1.83. The summed E-state index contributed by atoms with van der Waals surface area (Å²) in [5.41, 5.74) is 12.2. The molecule has 0 fully saturated rings. The Labute approximate surface area is 168 Å². The number of nitrogen functional groups attached to an aromatic ring is 2. The number of carbonyl (C=O) groups is 1. The van der Waals surface area contributed by atoms with Crippen molar-refractivity contribution >= 4 is 17.8 Å². The van der Waals surface area contributed by atoms with Gasteiger partial charge in [0, 0.05) is 11.1 Å². The Morgan fingerprint density at radius 3 is 1.31 bits per heavy atom. The first-order valence-corrected chi connectivity index (χ1v) is 8.86. The molecular formula is C20H26N4O5. The minimum absolute atomic E-state index is 0.0579. The van der Waals surface area contributed by atoms with E-state index in [4.69, 9.17) is 46.8 Å². The van der Waals surface area contributed by atoms with Crippen molar-refractivity contribution in [2.75, 3.05) is 13.2 Å². The van der Waals surface area contributed by atoms with Crippen LogP contribution in [0.15, 0.2) is 48.5 Å². The SMILES string of the molecule is N=C(N)c1ccc(OCCCCCOc2ccc(C(=N)N)cc2)cc1.O=C(O)O. The highest BCUT2D eigenvalue weighted by molar-refractivity contribution is 5.95. The van der Waals surface area contributed by atoms with E-state index >= 15 is 0 Å². The molecule has 0 saturated carbocycles. The van der Waals surface area contributed by atoms with Crippen LogP contribution in [0.3, 0.4) is 0 Å². The summed E-state index contributed by atoms with van der Waals surface area (Å²) in [7, 11) is 0. The van der Waals surface area contributed by atoms with Gasteiger partial charge in [-0.1, -0.05) is 0 Å². The fraction of sp³-hybridized carbons (Fsp3) is 0.250. The van der Waals surface area contributed by atoms with E-state index in [0.29, 0.717) is 24.3 Å². The van der Waals surface area contributed by atoms with Gasteiger partial charge in [-0.15, -0.1) is 0 Å². The molecule has 29 heavy (non-hydrogen) atoms. The van der Waals surface area contributed by atoms with E-state index in [2.05, 4.69) is 0 Å². The first-order chi connectivity index (χ1) is 13.8. The highest BCUT2D eigenvalue weighted by Crippen LogP contribution is 2.14. The summed E-state index contributed by atoms with van der Waals surface area (Å²) in [6.07, 6.45) is 1.07. The number of ether oxygens (including phenoxy) is 2. The monoisotopic (exact) mass is 402 g/mol. The lowest BCUT2D eigenvalue weighted by molar-refractivity contribution is 0.137. The molecule has 2 aromatic rings. The average molecular weight is 402 g/mol. The van der Waals surface area contributed by atoms with E-state index in [9.17, 15) is 0 Å². The van der Waals surface area contributed by atoms with Crippen LogP contribution in [0.4, 0.5) is 4.79 Å². The van der Waals surface area contributed by atoms with Crippen LogP contribution in [0.25, 0.3) is 0 Å². The second kappa shape index (κ2) is 12.6. The normalized spacial score (nSPS) is 9.66. The second-order valence-electron chi connectivity index (χ2n) is 5.92. The van der Waals surface area contributed by atoms with E-state index in [-0.39, 0.29) is 11.7 Å². The van der Waals surface area contributed by atoms with Gasteiger partial charge in [-0.25, -0.2) is 4.79 Å². The fourth-order valence-electron chi connectivity index (χ4n) is 2.22. The second-order valence-corrected chi connectivity index (χ2v) is 5.92. The number of nitrogens with two attached hydrogens (primary N) is 2. The molecule has 0 saturated heterocycles. The summed E-state index contributed by atoms with van der Waals surface area (Å²) in [5, 5.41) is 28.6. The van der Waals surface area contributed by atoms with Crippen molar-refractivity contribution in [2.45, 2.75) is 19.3 Å². The maximum absolute atomic E-state index is 8.56. The molecule has 0 atom stereocenters. The lowest BCUT2D eigenvalue weighted by Crippen LogP contribution is -2.10. The number of benzene rings is 2. The number of unbranched alkanes of at least 4 members (excludes halogenated alkanes) is 2. The Bertz CT molecular complexity index is 726. The summed E-state index contributed by atoms with van der Waals surface area (Å²) in [6, 6.07) is 14.4. The third-order valence-electron chi connectivity index (χ3n) is 3.66. The predicted molar refractivity (Wildman–Crippen MR) is 110 cm³/mol. The molecule has 0 spiro atoms. The molecule has 0 heterocycles. The van der Waals surface area contributed by atoms with Gasteiger partial charge in [0.25, 0.3) is 0 Å². The van der Waals surface area contributed by atoms with Gasteiger partial charge in [-0.05, 0) is 67.8 Å². The molecule has 2 aromatic carbocycles. The van der Waals surface area contributed by atoms with Crippen molar-refractivity contribution in [3.8, 4) is 11.5 Å². The zero-order valence-corrected chi connectivity index (χ0v) is 15.9. The van der Waals surface area contributed by atoms with E-state index in [1.807, 2.05) is 24.3 Å². The Morgan fingerprint density at radius 1 is 0.724 bits per heavy atom. The van der Waals surface area contributed by atoms with Crippen LogP contribution in [0, 0.1) is 10.8 Å². The summed E-state index contributed by atoms with van der Waals surface area (Å²) >= 11 is 0. The quantitative estimate of drug-likeness (QED) is 0.201. The molecule has 2 rings (SSSR count). The van der Waals surface area contributed by atoms with E-state index in [1.165, 1.54) is 0 Å². The zero-order chi connectivity index (χ0) is 21.6. The van der Waals surface area contributed by atoms with Gasteiger partial charge in [-0.2, -0.15) is 0 Å². The standard InChI is InChI=1S/C19H24N4O2.CH2O3/c20-18(21)14-4-8-16(9-5-14)24-12-2-1-3-13-25-17-10-6-15(7-11-17)19(22)23;2-1(3)4/h4-11H,1-3,12-13H2,(H3,20,21)(H3,22,23);(H2,2,3,4). The fourth-order valence-corrected chi connectivity index (χ4v) is 2.22. The molecule has 0 radical (unpaired) electrons. The van der Waals surface area contributed by atoms with Gasteiger partial charge >= 0.3 is 6.16 Å². The Balaban J connectivity index is 0.000000960. The van der Waals surface area contributed by atoms with Gasteiger partial charge < -0.3 is 31.2 Å². The van der Waals surface area contributed by atoms with Crippen LogP contribution in [-0.4, -0.2) is 41.3 Å². The van der Waals surface area contributed by atoms with Crippen LogP contribution in [0.2, 0.25) is 0 Å². The summed E-state index contributed by atoms with van der Waals surface area (Å²) in [6.45, 7) is 1.29. The molecule has 0 aliphatic rings. The summed E-state index contributed by atoms with van der Waals surface area (Å²) in [4.78, 5) is 8.56. The maximum Gasteiger partial charge on any atom is 0.503 e. The molecule has 0 bridgehead atoms. The molecule has 8 N–H and O–H groups in total. The number of hydrogen-bond donors (Lipinski definition) is 6. The smallest absolute Gasteiger partial charge is 0.494 e. The average Bonchev–Trinajstić information content (AvgIpc) is 2.67. The molecule has 0 amide bonds. The largest absolute Gasteiger partial charge is 0.503 e. The van der Waals surface area contributed by atoms with Crippen molar-refractivity contribution in [3.63, 3.8) is 0 Å². The molecule has 9 heteroatoms. The lowest BCUT2D eigenvalue weighted by atomic mass is 10.2. The first kappa shape index (κ1) is 23.3. The van der Waals surface area contributed by atoms with Crippen molar-refractivity contribution in [1.29, 1.82) is 10.8 Å². The summed E-state index contributed by atoms with van der Waals surface area (Å²) < 4.78 is 11.3. The molecular weight excluding hydrogens is 376 g/mol.